The number of ketones is 1. The SMILES string of the molecule is O=C(c1cc(F)ccc1F)C1CCN(C(=O)c2cccnc2-n2cncn2)CC1. The number of benzene rings is 1. The van der Waals surface area contributed by atoms with Crippen LogP contribution in [0.4, 0.5) is 8.78 Å². The molecule has 0 bridgehead atoms. The van der Waals surface area contributed by atoms with Crippen LogP contribution >= 0.6 is 0 Å². The third-order valence-corrected chi connectivity index (χ3v) is 5.00. The predicted octanol–water partition coefficient (Wildman–Crippen LogP) is 2.68. The van der Waals surface area contributed by atoms with Gasteiger partial charge in [-0.3, -0.25) is 9.59 Å². The van der Waals surface area contributed by atoms with Crippen LogP contribution in [0.5, 0.6) is 0 Å². The fourth-order valence-electron chi connectivity index (χ4n) is 3.49. The first kappa shape index (κ1) is 18.9. The maximum atomic E-state index is 13.9. The van der Waals surface area contributed by atoms with E-state index < -0.39 is 23.3 Å². The maximum Gasteiger partial charge on any atom is 0.257 e. The summed E-state index contributed by atoms with van der Waals surface area (Å²) in [5.41, 5.74) is 0.134. The second kappa shape index (κ2) is 7.86. The van der Waals surface area contributed by atoms with Crippen molar-refractivity contribution in [2.75, 3.05) is 13.1 Å². The monoisotopic (exact) mass is 397 g/mol. The van der Waals surface area contributed by atoms with Crippen LogP contribution in [0.2, 0.25) is 0 Å². The predicted molar refractivity (Wildman–Crippen MR) is 98.5 cm³/mol. The molecule has 4 rings (SSSR count). The van der Waals surface area contributed by atoms with E-state index in [-0.39, 0.29) is 11.5 Å². The first-order valence-corrected chi connectivity index (χ1v) is 9.13. The zero-order chi connectivity index (χ0) is 20.4. The highest BCUT2D eigenvalue weighted by Crippen LogP contribution is 2.25. The number of aromatic nitrogens is 4. The van der Waals surface area contributed by atoms with Gasteiger partial charge in [0.1, 0.15) is 24.3 Å². The van der Waals surface area contributed by atoms with Crippen molar-refractivity contribution < 1.29 is 18.4 Å². The Morgan fingerprint density at radius 3 is 2.59 bits per heavy atom. The Balaban J connectivity index is 1.47. The number of carbonyl (C=O) groups is 2. The summed E-state index contributed by atoms with van der Waals surface area (Å²) in [7, 11) is 0. The lowest BCUT2D eigenvalue weighted by Crippen LogP contribution is -2.40. The molecular formula is C20H17F2N5O2. The van der Waals surface area contributed by atoms with Gasteiger partial charge < -0.3 is 4.90 Å². The Bertz CT molecular complexity index is 1050. The number of amides is 1. The molecule has 0 radical (unpaired) electrons. The molecule has 1 saturated heterocycles. The molecule has 0 unspecified atom stereocenters. The van der Waals surface area contributed by atoms with Gasteiger partial charge >= 0.3 is 0 Å². The average Bonchev–Trinajstić information content (AvgIpc) is 3.29. The molecule has 29 heavy (non-hydrogen) atoms. The minimum atomic E-state index is -0.734. The molecule has 0 spiro atoms. The van der Waals surface area contributed by atoms with Crippen LogP contribution in [0, 0.1) is 17.6 Å². The van der Waals surface area contributed by atoms with Crippen molar-refractivity contribution in [3.8, 4) is 5.82 Å². The number of likely N-dealkylation sites (tertiary alicyclic amines) is 1. The average molecular weight is 397 g/mol. The summed E-state index contributed by atoms with van der Waals surface area (Å²) in [6, 6.07) is 6.18. The molecule has 3 heterocycles. The zero-order valence-electron chi connectivity index (χ0n) is 15.3. The summed E-state index contributed by atoms with van der Waals surface area (Å²) in [5.74, 6) is -2.14. The summed E-state index contributed by atoms with van der Waals surface area (Å²) < 4.78 is 28.7. The van der Waals surface area contributed by atoms with Gasteiger partial charge in [0.2, 0.25) is 0 Å². The molecule has 1 aliphatic heterocycles. The Kier molecular flexibility index (Phi) is 5.11. The first-order chi connectivity index (χ1) is 14.0. The molecule has 3 aromatic rings. The van der Waals surface area contributed by atoms with Crippen molar-refractivity contribution in [2.45, 2.75) is 12.8 Å². The van der Waals surface area contributed by atoms with Crippen LogP contribution in [0.25, 0.3) is 5.82 Å². The number of hydrogen-bond donors (Lipinski definition) is 0. The number of piperidine rings is 1. The molecule has 1 amide bonds. The minimum absolute atomic E-state index is 0.230. The molecule has 7 nitrogen and oxygen atoms in total. The second-order valence-electron chi connectivity index (χ2n) is 6.77. The van der Waals surface area contributed by atoms with Gasteiger partial charge in [-0.2, -0.15) is 5.10 Å². The van der Waals surface area contributed by atoms with Crippen LogP contribution < -0.4 is 0 Å². The lowest BCUT2D eigenvalue weighted by molar-refractivity contribution is 0.0648. The van der Waals surface area contributed by atoms with Gasteiger partial charge in [-0.15, -0.1) is 0 Å². The Hall–Kier alpha value is -3.49. The lowest BCUT2D eigenvalue weighted by Gasteiger charge is -2.31. The molecule has 1 aromatic carbocycles. The zero-order valence-corrected chi connectivity index (χ0v) is 15.3. The molecule has 0 aliphatic carbocycles. The van der Waals surface area contributed by atoms with Gasteiger partial charge in [0, 0.05) is 25.2 Å². The number of nitrogens with zero attached hydrogens (tertiary/aromatic N) is 5. The smallest absolute Gasteiger partial charge is 0.257 e. The van der Waals surface area contributed by atoms with E-state index in [9.17, 15) is 18.4 Å². The van der Waals surface area contributed by atoms with Gasteiger partial charge in [-0.1, -0.05) is 0 Å². The Morgan fingerprint density at radius 1 is 1.07 bits per heavy atom. The highest BCUT2D eigenvalue weighted by Gasteiger charge is 2.31. The fourth-order valence-corrected chi connectivity index (χ4v) is 3.49. The van der Waals surface area contributed by atoms with Gasteiger partial charge in [-0.25, -0.2) is 23.4 Å². The topological polar surface area (TPSA) is 81.0 Å². The van der Waals surface area contributed by atoms with E-state index >= 15 is 0 Å². The summed E-state index contributed by atoms with van der Waals surface area (Å²) in [6.07, 6.45) is 5.12. The molecule has 2 aromatic heterocycles. The highest BCUT2D eigenvalue weighted by molar-refractivity contribution is 5.99. The van der Waals surface area contributed by atoms with E-state index in [4.69, 9.17) is 0 Å². The molecule has 148 valence electrons. The van der Waals surface area contributed by atoms with Gasteiger partial charge in [0.15, 0.2) is 11.6 Å². The Morgan fingerprint density at radius 2 is 1.86 bits per heavy atom. The third-order valence-electron chi connectivity index (χ3n) is 5.00. The van der Waals surface area contributed by atoms with Crippen molar-refractivity contribution in [2.24, 2.45) is 5.92 Å². The third kappa shape index (κ3) is 3.75. The molecule has 0 atom stereocenters. The van der Waals surface area contributed by atoms with Crippen molar-refractivity contribution in [1.82, 2.24) is 24.6 Å². The van der Waals surface area contributed by atoms with Crippen LogP contribution in [-0.2, 0) is 0 Å². The summed E-state index contributed by atoms with van der Waals surface area (Å²) in [5, 5.41) is 4.02. The molecule has 0 N–H and O–H groups in total. The largest absolute Gasteiger partial charge is 0.338 e. The quantitative estimate of drug-likeness (QED) is 0.633. The van der Waals surface area contributed by atoms with E-state index in [0.29, 0.717) is 37.3 Å². The fraction of sp³-hybridized carbons (Fsp3) is 0.250. The first-order valence-electron chi connectivity index (χ1n) is 9.13. The van der Waals surface area contributed by atoms with E-state index in [1.807, 2.05) is 0 Å². The van der Waals surface area contributed by atoms with E-state index in [0.717, 1.165) is 18.2 Å². The number of pyridine rings is 1. The van der Waals surface area contributed by atoms with Crippen LogP contribution in [0.3, 0.4) is 0 Å². The van der Waals surface area contributed by atoms with Gasteiger partial charge in [0.25, 0.3) is 5.91 Å². The molecule has 9 heteroatoms. The van der Waals surface area contributed by atoms with E-state index in [1.165, 1.54) is 17.3 Å². The number of Topliss-reactive ketones (excluding diaryl/α,β-unsaturated/α-hetero) is 1. The molecule has 1 fully saturated rings. The normalized spacial score (nSPS) is 14.8. The van der Waals surface area contributed by atoms with Crippen molar-refractivity contribution in [3.05, 3.63) is 71.9 Å². The standard InChI is InChI=1S/C20H17F2N5O2/c21-14-3-4-17(22)16(10-14)18(28)13-5-8-26(9-6-13)20(29)15-2-1-7-24-19(15)27-12-23-11-25-27/h1-4,7,10-13H,5-6,8-9H2. The van der Waals surface area contributed by atoms with Gasteiger partial charge in [-0.05, 0) is 43.2 Å². The van der Waals surface area contributed by atoms with Gasteiger partial charge in [0.05, 0.1) is 11.1 Å². The molecule has 0 saturated carbocycles. The number of rotatable bonds is 4. The minimum Gasteiger partial charge on any atom is -0.338 e. The maximum absolute atomic E-state index is 13.9. The summed E-state index contributed by atoms with van der Waals surface area (Å²) in [4.78, 5) is 35.3. The van der Waals surface area contributed by atoms with Crippen molar-refractivity contribution in [3.63, 3.8) is 0 Å². The Labute approximate surface area is 165 Å². The number of halogens is 2. The molecule has 1 aliphatic rings. The number of hydrogen-bond acceptors (Lipinski definition) is 5. The van der Waals surface area contributed by atoms with E-state index in [2.05, 4.69) is 15.1 Å². The molecular weight excluding hydrogens is 380 g/mol. The summed E-state index contributed by atoms with van der Waals surface area (Å²) >= 11 is 0. The van der Waals surface area contributed by atoms with Crippen LogP contribution in [0.1, 0.15) is 33.6 Å². The lowest BCUT2D eigenvalue weighted by atomic mass is 9.88. The van der Waals surface area contributed by atoms with Crippen LogP contribution in [-0.4, -0.2) is 49.4 Å². The van der Waals surface area contributed by atoms with E-state index in [1.54, 1.807) is 23.2 Å². The highest BCUT2D eigenvalue weighted by atomic mass is 19.1. The number of carbonyl (C=O) groups excluding carboxylic acids is 2. The van der Waals surface area contributed by atoms with Crippen molar-refractivity contribution in [1.29, 1.82) is 0 Å². The van der Waals surface area contributed by atoms with Crippen LogP contribution in [0.15, 0.2) is 49.2 Å². The van der Waals surface area contributed by atoms with Crippen molar-refractivity contribution >= 4 is 11.7 Å². The summed E-state index contributed by atoms with van der Waals surface area (Å²) in [6.45, 7) is 0.662. The second-order valence-corrected chi connectivity index (χ2v) is 6.77.